The van der Waals surface area contributed by atoms with Crippen molar-refractivity contribution < 1.29 is 9.53 Å². The van der Waals surface area contributed by atoms with Crippen LogP contribution in [0.15, 0.2) is 11.6 Å². The van der Waals surface area contributed by atoms with Crippen molar-refractivity contribution in [3.05, 3.63) is 11.6 Å². The predicted molar refractivity (Wildman–Crippen MR) is 54.5 cm³/mol. The van der Waals surface area contributed by atoms with E-state index in [4.69, 9.17) is 4.74 Å². The Bertz CT molecular complexity index is 171. The van der Waals surface area contributed by atoms with Crippen LogP contribution in [-0.2, 0) is 9.53 Å². The number of allylic oxidation sites excluding steroid dienone is 1. The van der Waals surface area contributed by atoms with Crippen molar-refractivity contribution in [3.8, 4) is 0 Å². The topological polar surface area (TPSA) is 26.3 Å². The van der Waals surface area contributed by atoms with E-state index in [1.165, 1.54) is 0 Å². The lowest BCUT2D eigenvalue weighted by molar-refractivity contribution is -0.138. The number of carbonyl (C=O) groups is 1. The Labute approximate surface area is 81.0 Å². The fourth-order valence-corrected chi connectivity index (χ4v) is 1.12. The lowest BCUT2D eigenvalue weighted by Gasteiger charge is -2.05. The van der Waals surface area contributed by atoms with E-state index in [1.54, 1.807) is 0 Å². The molecule has 2 heteroatoms. The molecule has 0 aliphatic rings. The molecule has 0 fully saturated rings. The van der Waals surface area contributed by atoms with Crippen LogP contribution >= 0.6 is 0 Å². The first-order valence-corrected chi connectivity index (χ1v) is 5.12. The highest BCUT2D eigenvalue weighted by Crippen LogP contribution is 2.10. The van der Waals surface area contributed by atoms with Gasteiger partial charge in [-0.2, -0.15) is 0 Å². The molecule has 0 aromatic carbocycles. The number of ether oxygens (including phenoxy) is 1. The SMILES string of the molecule is CC/C=C(\CCCC)C(=O)OCC. The summed E-state index contributed by atoms with van der Waals surface area (Å²) in [5.41, 5.74) is 0.839. The van der Waals surface area contributed by atoms with E-state index in [-0.39, 0.29) is 5.97 Å². The van der Waals surface area contributed by atoms with Gasteiger partial charge < -0.3 is 4.74 Å². The molecule has 0 atom stereocenters. The van der Waals surface area contributed by atoms with Crippen LogP contribution in [0.4, 0.5) is 0 Å². The summed E-state index contributed by atoms with van der Waals surface area (Å²) in [5.74, 6) is -0.141. The molecule has 2 nitrogen and oxygen atoms in total. The summed E-state index contributed by atoms with van der Waals surface area (Å²) in [6.07, 6.45) is 5.89. The molecule has 0 rings (SSSR count). The highest BCUT2D eigenvalue weighted by molar-refractivity contribution is 5.88. The Kier molecular flexibility index (Phi) is 7.36. The van der Waals surface area contributed by atoms with Gasteiger partial charge in [0.2, 0.25) is 0 Å². The minimum absolute atomic E-state index is 0.141. The van der Waals surface area contributed by atoms with Gasteiger partial charge in [-0.25, -0.2) is 4.79 Å². The van der Waals surface area contributed by atoms with Crippen LogP contribution < -0.4 is 0 Å². The molecule has 0 heterocycles. The van der Waals surface area contributed by atoms with E-state index in [0.29, 0.717) is 6.61 Å². The van der Waals surface area contributed by atoms with Crippen molar-refractivity contribution in [2.24, 2.45) is 0 Å². The van der Waals surface area contributed by atoms with Crippen LogP contribution in [0.25, 0.3) is 0 Å². The summed E-state index contributed by atoms with van der Waals surface area (Å²) in [7, 11) is 0. The van der Waals surface area contributed by atoms with Gasteiger partial charge in [-0.1, -0.05) is 26.3 Å². The number of esters is 1. The van der Waals surface area contributed by atoms with E-state index in [0.717, 1.165) is 31.3 Å². The van der Waals surface area contributed by atoms with Gasteiger partial charge >= 0.3 is 5.97 Å². The first-order valence-electron chi connectivity index (χ1n) is 5.12. The highest BCUT2D eigenvalue weighted by atomic mass is 16.5. The second-order valence-corrected chi connectivity index (χ2v) is 2.96. The Morgan fingerprint density at radius 2 is 2.00 bits per heavy atom. The molecule has 0 aromatic rings. The third kappa shape index (κ3) is 5.45. The molecule has 0 aliphatic carbocycles. The molecule has 0 spiro atoms. The number of unbranched alkanes of at least 4 members (excludes halogenated alkanes) is 1. The van der Waals surface area contributed by atoms with Gasteiger partial charge in [0.1, 0.15) is 0 Å². The van der Waals surface area contributed by atoms with Crippen molar-refractivity contribution in [2.75, 3.05) is 6.61 Å². The molecule has 0 saturated heterocycles. The van der Waals surface area contributed by atoms with E-state index < -0.39 is 0 Å². The third-order valence-electron chi connectivity index (χ3n) is 1.79. The number of hydrogen-bond donors (Lipinski definition) is 0. The van der Waals surface area contributed by atoms with Crippen molar-refractivity contribution in [3.63, 3.8) is 0 Å². The number of carbonyl (C=O) groups excluding carboxylic acids is 1. The van der Waals surface area contributed by atoms with Gasteiger partial charge in [-0.05, 0) is 26.2 Å². The van der Waals surface area contributed by atoms with Crippen LogP contribution in [0.5, 0.6) is 0 Å². The molecular weight excluding hydrogens is 164 g/mol. The molecule has 0 aromatic heterocycles. The molecule has 0 amide bonds. The van der Waals surface area contributed by atoms with E-state index in [9.17, 15) is 4.79 Å². The molecule has 0 bridgehead atoms. The molecular formula is C11H20O2. The maximum Gasteiger partial charge on any atom is 0.333 e. The van der Waals surface area contributed by atoms with Crippen LogP contribution in [-0.4, -0.2) is 12.6 Å². The Morgan fingerprint density at radius 3 is 2.46 bits per heavy atom. The lowest BCUT2D eigenvalue weighted by Crippen LogP contribution is -2.07. The summed E-state index contributed by atoms with van der Waals surface area (Å²) < 4.78 is 4.95. The molecule has 0 radical (unpaired) electrons. The molecule has 0 N–H and O–H groups in total. The fourth-order valence-electron chi connectivity index (χ4n) is 1.12. The van der Waals surface area contributed by atoms with Gasteiger partial charge in [-0.15, -0.1) is 0 Å². The first-order chi connectivity index (χ1) is 6.26. The third-order valence-corrected chi connectivity index (χ3v) is 1.79. The highest BCUT2D eigenvalue weighted by Gasteiger charge is 2.08. The second-order valence-electron chi connectivity index (χ2n) is 2.96. The van der Waals surface area contributed by atoms with Crippen molar-refractivity contribution in [2.45, 2.75) is 46.5 Å². The van der Waals surface area contributed by atoms with Crippen molar-refractivity contribution in [1.29, 1.82) is 0 Å². The quantitative estimate of drug-likeness (QED) is 0.468. The molecule has 0 saturated carbocycles. The van der Waals surface area contributed by atoms with E-state index in [2.05, 4.69) is 6.92 Å². The zero-order valence-corrected chi connectivity index (χ0v) is 8.93. The average molecular weight is 184 g/mol. The average Bonchev–Trinajstić information content (AvgIpc) is 2.12. The summed E-state index contributed by atoms with van der Waals surface area (Å²) >= 11 is 0. The standard InChI is InChI=1S/C11H20O2/c1-4-7-9-10(8-5-2)11(12)13-6-3/h8H,4-7,9H2,1-3H3/b10-8+. The van der Waals surface area contributed by atoms with Crippen molar-refractivity contribution >= 4 is 5.97 Å². The monoisotopic (exact) mass is 184 g/mol. The van der Waals surface area contributed by atoms with Crippen LogP contribution in [0, 0.1) is 0 Å². The zero-order valence-electron chi connectivity index (χ0n) is 8.93. The van der Waals surface area contributed by atoms with Crippen LogP contribution in [0.3, 0.4) is 0 Å². The summed E-state index contributed by atoms with van der Waals surface area (Å²) in [6.45, 7) is 6.45. The Hall–Kier alpha value is -0.790. The van der Waals surface area contributed by atoms with Gasteiger partial charge in [0.25, 0.3) is 0 Å². The normalized spacial score (nSPS) is 11.5. The minimum atomic E-state index is -0.141. The lowest BCUT2D eigenvalue weighted by atomic mass is 10.1. The summed E-state index contributed by atoms with van der Waals surface area (Å²) in [6, 6.07) is 0. The van der Waals surface area contributed by atoms with Crippen LogP contribution in [0.2, 0.25) is 0 Å². The van der Waals surface area contributed by atoms with Gasteiger partial charge in [-0.3, -0.25) is 0 Å². The molecule has 0 unspecified atom stereocenters. The summed E-state index contributed by atoms with van der Waals surface area (Å²) in [5, 5.41) is 0. The van der Waals surface area contributed by atoms with E-state index in [1.807, 2.05) is 19.9 Å². The minimum Gasteiger partial charge on any atom is -0.463 e. The maximum atomic E-state index is 11.3. The van der Waals surface area contributed by atoms with Crippen molar-refractivity contribution in [1.82, 2.24) is 0 Å². The van der Waals surface area contributed by atoms with Crippen LogP contribution in [0.1, 0.15) is 46.5 Å². The van der Waals surface area contributed by atoms with Gasteiger partial charge in [0.15, 0.2) is 0 Å². The molecule has 0 aliphatic heterocycles. The first kappa shape index (κ1) is 12.2. The molecule has 13 heavy (non-hydrogen) atoms. The fraction of sp³-hybridized carbons (Fsp3) is 0.727. The Morgan fingerprint density at radius 1 is 1.31 bits per heavy atom. The summed E-state index contributed by atoms with van der Waals surface area (Å²) in [4.78, 5) is 11.3. The van der Waals surface area contributed by atoms with Gasteiger partial charge in [0, 0.05) is 5.57 Å². The number of rotatable bonds is 6. The zero-order chi connectivity index (χ0) is 10.1. The van der Waals surface area contributed by atoms with Gasteiger partial charge in [0.05, 0.1) is 6.61 Å². The Balaban J connectivity index is 4.08. The molecule has 76 valence electrons. The van der Waals surface area contributed by atoms with E-state index >= 15 is 0 Å². The maximum absolute atomic E-state index is 11.3. The largest absolute Gasteiger partial charge is 0.463 e. The smallest absolute Gasteiger partial charge is 0.333 e. The second kappa shape index (κ2) is 7.84. The number of hydrogen-bond acceptors (Lipinski definition) is 2. The predicted octanol–water partition coefficient (Wildman–Crippen LogP) is 3.08.